The van der Waals surface area contributed by atoms with Gasteiger partial charge in [0.25, 0.3) is 5.91 Å². The van der Waals surface area contributed by atoms with Crippen molar-refractivity contribution in [2.45, 2.75) is 6.54 Å². The van der Waals surface area contributed by atoms with Crippen LogP contribution >= 0.6 is 11.3 Å². The second kappa shape index (κ2) is 6.45. The Labute approximate surface area is 148 Å². The van der Waals surface area contributed by atoms with E-state index in [-0.39, 0.29) is 5.91 Å². The van der Waals surface area contributed by atoms with Crippen molar-refractivity contribution >= 4 is 27.5 Å². The maximum Gasteiger partial charge on any atom is 0.251 e. The van der Waals surface area contributed by atoms with Gasteiger partial charge < -0.3 is 5.32 Å². The number of rotatable bonds is 4. The minimum Gasteiger partial charge on any atom is -0.346 e. The molecule has 7 heteroatoms. The molecule has 0 saturated carbocycles. The summed E-state index contributed by atoms with van der Waals surface area (Å²) in [5, 5.41) is 8.06. The fraction of sp³-hybridized carbons (Fsp3) is 0.111. The largest absolute Gasteiger partial charge is 0.346 e. The number of carbonyl (C=O) groups is 1. The molecule has 25 heavy (non-hydrogen) atoms. The normalized spacial score (nSPS) is 10.9. The van der Waals surface area contributed by atoms with Crippen LogP contribution < -0.4 is 5.32 Å². The van der Waals surface area contributed by atoms with Gasteiger partial charge in [0.05, 0.1) is 16.8 Å². The molecule has 1 amide bonds. The predicted molar refractivity (Wildman–Crippen MR) is 97.2 cm³/mol. The predicted octanol–water partition coefficient (Wildman–Crippen LogP) is 3.02. The van der Waals surface area contributed by atoms with E-state index >= 15 is 0 Å². The van der Waals surface area contributed by atoms with Gasteiger partial charge in [-0.1, -0.05) is 24.3 Å². The average molecular weight is 349 g/mol. The first-order valence-corrected chi connectivity index (χ1v) is 8.59. The van der Waals surface area contributed by atoms with E-state index in [1.807, 2.05) is 43.4 Å². The van der Waals surface area contributed by atoms with E-state index in [2.05, 4.69) is 20.4 Å². The molecule has 0 atom stereocenters. The van der Waals surface area contributed by atoms with Crippen molar-refractivity contribution in [3.8, 4) is 11.4 Å². The Bertz CT molecular complexity index is 1000. The van der Waals surface area contributed by atoms with Gasteiger partial charge in [-0.2, -0.15) is 5.10 Å². The molecule has 0 bridgehead atoms. The lowest BCUT2D eigenvalue weighted by atomic mass is 10.1. The molecule has 0 aliphatic carbocycles. The molecular weight excluding hydrogens is 334 g/mol. The summed E-state index contributed by atoms with van der Waals surface area (Å²) in [5.41, 5.74) is 2.44. The number of amides is 1. The maximum absolute atomic E-state index is 12.3. The monoisotopic (exact) mass is 349 g/mol. The highest BCUT2D eigenvalue weighted by Gasteiger charge is 2.09. The van der Waals surface area contributed by atoms with Gasteiger partial charge in [0.1, 0.15) is 11.3 Å². The Kier molecular flexibility index (Phi) is 3.99. The number of aromatic nitrogens is 4. The van der Waals surface area contributed by atoms with Crippen LogP contribution in [0.3, 0.4) is 0 Å². The minimum absolute atomic E-state index is 0.125. The average Bonchev–Trinajstić information content (AvgIpc) is 3.25. The van der Waals surface area contributed by atoms with Gasteiger partial charge in [0, 0.05) is 18.2 Å². The van der Waals surface area contributed by atoms with Gasteiger partial charge in [0.15, 0.2) is 5.82 Å². The SMILES string of the molecule is Cn1cnc(-c2ccc(C(=O)NCc3nc4ccccc4s3)cc2)n1. The first-order chi connectivity index (χ1) is 12.2. The number of aryl methyl sites for hydroxylation is 1. The fourth-order valence-corrected chi connectivity index (χ4v) is 3.40. The summed E-state index contributed by atoms with van der Waals surface area (Å²) in [4.78, 5) is 21.0. The van der Waals surface area contributed by atoms with Crippen LogP contribution in [0.5, 0.6) is 0 Å². The molecule has 0 aliphatic heterocycles. The number of nitrogens with zero attached hydrogens (tertiary/aromatic N) is 4. The molecule has 6 nitrogen and oxygen atoms in total. The number of hydrogen-bond acceptors (Lipinski definition) is 5. The number of fused-ring (bicyclic) bond motifs is 1. The number of thiazole rings is 1. The first-order valence-electron chi connectivity index (χ1n) is 7.78. The Morgan fingerprint density at radius 2 is 1.96 bits per heavy atom. The third kappa shape index (κ3) is 3.27. The van der Waals surface area contributed by atoms with Gasteiger partial charge in [-0.25, -0.2) is 9.97 Å². The topological polar surface area (TPSA) is 72.7 Å². The van der Waals surface area contributed by atoms with E-state index in [9.17, 15) is 4.79 Å². The van der Waals surface area contributed by atoms with E-state index in [4.69, 9.17) is 0 Å². The lowest BCUT2D eigenvalue weighted by Crippen LogP contribution is -2.22. The smallest absolute Gasteiger partial charge is 0.251 e. The number of para-hydroxylation sites is 1. The Balaban J connectivity index is 1.43. The second-order valence-corrected chi connectivity index (χ2v) is 6.69. The summed E-state index contributed by atoms with van der Waals surface area (Å²) in [7, 11) is 1.82. The van der Waals surface area contributed by atoms with Crippen molar-refractivity contribution in [1.29, 1.82) is 0 Å². The lowest BCUT2D eigenvalue weighted by molar-refractivity contribution is 0.0951. The lowest BCUT2D eigenvalue weighted by Gasteiger charge is -2.04. The zero-order valence-electron chi connectivity index (χ0n) is 13.5. The van der Waals surface area contributed by atoms with Crippen molar-refractivity contribution in [3.05, 3.63) is 65.4 Å². The molecule has 4 rings (SSSR count). The molecule has 2 aromatic carbocycles. The number of benzene rings is 2. The quantitative estimate of drug-likeness (QED) is 0.615. The van der Waals surface area contributed by atoms with Crippen LogP contribution in [0.2, 0.25) is 0 Å². The highest BCUT2D eigenvalue weighted by Crippen LogP contribution is 2.21. The van der Waals surface area contributed by atoms with Crippen LogP contribution in [0.4, 0.5) is 0 Å². The Morgan fingerprint density at radius 1 is 1.16 bits per heavy atom. The highest BCUT2D eigenvalue weighted by molar-refractivity contribution is 7.18. The summed E-state index contributed by atoms with van der Waals surface area (Å²) >= 11 is 1.59. The van der Waals surface area contributed by atoms with Crippen LogP contribution in [-0.4, -0.2) is 25.7 Å². The molecule has 4 aromatic rings. The maximum atomic E-state index is 12.3. The van der Waals surface area contributed by atoms with Crippen LogP contribution in [0, 0.1) is 0 Å². The van der Waals surface area contributed by atoms with Gasteiger partial charge in [-0.15, -0.1) is 11.3 Å². The number of hydrogen-bond donors (Lipinski definition) is 1. The Morgan fingerprint density at radius 3 is 2.68 bits per heavy atom. The summed E-state index contributed by atoms with van der Waals surface area (Å²) < 4.78 is 2.77. The molecule has 0 aliphatic rings. The van der Waals surface area contributed by atoms with Crippen molar-refractivity contribution in [3.63, 3.8) is 0 Å². The summed E-state index contributed by atoms with van der Waals surface area (Å²) in [6.45, 7) is 0.418. The summed E-state index contributed by atoms with van der Waals surface area (Å²) in [6.07, 6.45) is 1.65. The van der Waals surface area contributed by atoms with Crippen LogP contribution in [0.1, 0.15) is 15.4 Å². The molecule has 124 valence electrons. The van der Waals surface area contributed by atoms with Crippen LogP contribution in [0.15, 0.2) is 54.9 Å². The molecule has 0 saturated heterocycles. The molecule has 1 N–H and O–H groups in total. The fourth-order valence-electron chi connectivity index (χ4n) is 2.50. The van der Waals surface area contributed by atoms with E-state index in [1.54, 1.807) is 34.5 Å². The van der Waals surface area contributed by atoms with Crippen LogP contribution in [-0.2, 0) is 13.6 Å². The third-order valence-corrected chi connectivity index (χ3v) is 4.78. The molecule has 0 radical (unpaired) electrons. The number of carbonyl (C=O) groups excluding carboxylic acids is 1. The van der Waals surface area contributed by atoms with Crippen molar-refractivity contribution < 1.29 is 4.79 Å². The van der Waals surface area contributed by atoms with Crippen molar-refractivity contribution in [2.24, 2.45) is 7.05 Å². The van der Waals surface area contributed by atoms with Gasteiger partial charge in [-0.3, -0.25) is 9.48 Å². The zero-order chi connectivity index (χ0) is 17.2. The van der Waals surface area contributed by atoms with E-state index in [0.717, 1.165) is 20.8 Å². The Hall–Kier alpha value is -3.06. The highest BCUT2D eigenvalue weighted by atomic mass is 32.1. The molecular formula is C18H15N5OS. The van der Waals surface area contributed by atoms with Gasteiger partial charge in [0.2, 0.25) is 0 Å². The molecule has 0 unspecified atom stereocenters. The van der Waals surface area contributed by atoms with E-state index in [1.165, 1.54) is 0 Å². The summed E-state index contributed by atoms with van der Waals surface area (Å²) in [6, 6.07) is 15.2. The van der Waals surface area contributed by atoms with Crippen molar-refractivity contribution in [2.75, 3.05) is 0 Å². The molecule has 2 heterocycles. The van der Waals surface area contributed by atoms with Crippen molar-refractivity contribution in [1.82, 2.24) is 25.1 Å². The second-order valence-electron chi connectivity index (χ2n) is 5.58. The summed E-state index contributed by atoms with van der Waals surface area (Å²) in [5.74, 6) is 0.517. The molecule has 0 fully saturated rings. The van der Waals surface area contributed by atoms with Gasteiger partial charge in [-0.05, 0) is 24.3 Å². The number of nitrogens with one attached hydrogen (secondary N) is 1. The molecule has 0 spiro atoms. The zero-order valence-corrected chi connectivity index (χ0v) is 14.3. The first kappa shape index (κ1) is 15.5. The van der Waals surface area contributed by atoms with E-state index < -0.39 is 0 Å². The van der Waals surface area contributed by atoms with E-state index in [0.29, 0.717) is 17.9 Å². The minimum atomic E-state index is -0.125. The molecule has 2 aromatic heterocycles. The third-order valence-electron chi connectivity index (χ3n) is 3.74. The standard InChI is InChI=1S/C18H15N5OS/c1-23-11-20-17(22-23)12-6-8-13(9-7-12)18(24)19-10-16-21-14-4-2-3-5-15(14)25-16/h2-9,11H,10H2,1H3,(H,19,24). The van der Waals surface area contributed by atoms with Crippen LogP contribution in [0.25, 0.3) is 21.6 Å². The van der Waals surface area contributed by atoms with Gasteiger partial charge >= 0.3 is 0 Å².